The molecule has 0 atom stereocenters. The molecule has 0 spiro atoms. The third kappa shape index (κ3) is 4.45. The van der Waals surface area contributed by atoms with E-state index in [1.165, 1.54) is 10.8 Å². The van der Waals surface area contributed by atoms with Gasteiger partial charge in [0, 0.05) is 38.2 Å². The average molecular weight is 700 g/mol. The smallest absolute Gasteiger partial charge is 0.211 e. The molecule has 0 amide bonds. The summed E-state index contributed by atoms with van der Waals surface area (Å²) in [5.74, 6) is 0. The Kier molecular flexibility index (Phi) is 6.61. The van der Waals surface area contributed by atoms with Gasteiger partial charge in [-0.2, -0.15) is 0 Å². The maximum Gasteiger partial charge on any atom is 0.211 e. The summed E-state index contributed by atoms with van der Waals surface area (Å²) in [6.07, 6.45) is 0. The Morgan fingerprint density at radius 1 is 0.345 bits per heavy atom. The predicted octanol–water partition coefficient (Wildman–Crippen LogP) is 13.7. The number of rotatable bonds is 4. The molecule has 3 aromatic heterocycles. The van der Waals surface area contributed by atoms with E-state index < -0.39 is 0 Å². The maximum absolute atomic E-state index is 8.40. The molecule has 0 N–H and O–H groups in total. The molecule has 8 aromatic carbocycles. The van der Waals surface area contributed by atoms with E-state index in [1.807, 2.05) is 18.2 Å². The van der Waals surface area contributed by atoms with Crippen LogP contribution < -0.4 is 0 Å². The number of benzene rings is 8. The van der Waals surface area contributed by atoms with Crippen LogP contribution in [0.3, 0.4) is 0 Å². The summed E-state index contributed by atoms with van der Waals surface area (Å²) in [7, 11) is 0. The first-order chi connectivity index (χ1) is 27.2. The zero-order chi connectivity index (χ0) is 36.6. The molecule has 0 aliphatic rings. The molecule has 55 heavy (non-hydrogen) atoms. The van der Waals surface area contributed by atoms with Crippen molar-refractivity contribution < 1.29 is 0 Å². The lowest BCUT2D eigenvalue weighted by molar-refractivity contribution is 1.15. The molecule has 0 aliphatic carbocycles. The molecule has 0 bridgehead atoms. The highest BCUT2D eigenvalue weighted by atomic mass is 15.0. The molecule has 0 radical (unpaired) electrons. The first-order valence-corrected chi connectivity index (χ1v) is 18.3. The van der Waals surface area contributed by atoms with Crippen molar-refractivity contribution in [3.05, 3.63) is 199 Å². The number of para-hydroxylation sites is 5. The van der Waals surface area contributed by atoms with Crippen molar-refractivity contribution in [3.8, 4) is 28.2 Å². The minimum atomic E-state index is 0.580. The van der Waals surface area contributed by atoms with Crippen LogP contribution in [0.15, 0.2) is 176 Å². The van der Waals surface area contributed by atoms with Gasteiger partial charge in [0.25, 0.3) is 0 Å². The van der Waals surface area contributed by atoms with Crippen LogP contribution in [0.1, 0.15) is 0 Å². The van der Waals surface area contributed by atoms with Gasteiger partial charge in [0.05, 0.1) is 57.6 Å². The van der Waals surface area contributed by atoms with Crippen molar-refractivity contribution in [2.75, 3.05) is 0 Å². The van der Waals surface area contributed by atoms with E-state index >= 15 is 0 Å². The minimum absolute atomic E-state index is 0.580. The summed E-state index contributed by atoms with van der Waals surface area (Å²) >= 11 is 0. The van der Waals surface area contributed by atoms with Gasteiger partial charge in [-0.05, 0) is 77.7 Å². The standard InChI is InChI=1S/C50H29N5/c1-51-33-24-28-48-41(30-33)40-26-25-34(53-44-19-9-4-14-36(44)37-15-5-10-20-45(37)53)31-50(40)55(48)43-18-8-3-13-35(43)32-23-27-49(42(29-32)52-2)54-46-21-11-6-16-38(46)39-17-7-12-22-47(39)54/h3-31H. The molecule has 5 heteroatoms. The van der Waals surface area contributed by atoms with Crippen LogP contribution in [0.5, 0.6) is 0 Å². The molecule has 5 nitrogen and oxygen atoms in total. The predicted molar refractivity (Wildman–Crippen MR) is 227 cm³/mol. The SMILES string of the molecule is [C-]#[N+]c1ccc2c(c1)c1ccc(-n3c4ccccc4c4ccccc43)cc1n2-c1ccccc1-c1ccc(-n2c3ccccc3c3ccccc32)c([N+]#[C-])c1. The molecule has 3 heterocycles. The Balaban J connectivity index is 1.15. The molecular weight excluding hydrogens is 671 g/mol. The zero-order valence-electron chi connectivity index (χ0n) is 29.5. The molecule has 0 saturated heterocycles. The quantitative estimate of drug-likeness (QED) is 0.163. The summed E-state index contributed by atoms with van der Waals surface area (Å²) in [6.45, 7) is 16.2. The van der Waals surface area contributed by atoms with Gasteiger partial charge in [0.1, 0.15) is 0 Å². The highest BCUT2D eigenvalue weighted by molar-refractivity contribution is 6.13. The molecule has 0 aliphatic heterocycles. The topological polar surface area (TPSA) is 23.5 Å². The zero-order valence-corrected chi connectivity index (χ0v) is 29.5. The maximum atomic E-state index is 8.40. The van der Waals surface area contributed by atoms with Gasteiger partial charge in [-0.1, -0.05) is 109 Å². The van der Waals surface area contributed by atoms with Gasteiger partial charge >= 0.3 is 0 Å². The van der Waals surface area contributed by atoms with E-state index in [9.17, 15) is 0 Å². The summed E-state index contributed by atoms with van der Waals surface area (Å²) in [6, 6.07) is 61.3. The minimum Gasteiger partial charge on any atom is -0.319 e. The van der Waals surface area contributed by atoms with Crippen molar-refractivity contribution in [2.24, 2.45) is 0 Å². The summed E-state index contributed by atoms with van der Waals surface area (Å²) in [5.41, 5.74) is 12.6. The number of fused-ring (bicyclic) bond motifs is 9. The second kappa shape index (κ2) is 11.8. The summed E-state index contributed by atoms with van der Waals surface area (Å²) in [4.78, 5) is 7.91. The van der Waals surface area contributed by atoms with Crippen LogP contribution in [0.4, 0.5) is 11.4 Å². The van der Waals surface area contributed by atoms with Gasteiger partial charge in [-0.15, -0.1) is 0 Å². The highest BCUT2D eigenvalue weighted by Gasteiger charge is 2.20. The van der Waals surface area contributed by atoms with Gasteiger partial charge in [0.15, 0.2) is 5.69 Å². The third-order valence-electron chi connectivity index (χ3n) is 11.1. The molecule has 254 valence electrons. The Labute approximate surface area is 316 Å². The van der Waals surface area contributed by atoms with Crippen LogP contribution in [-0.4, -0.2) is 13.7 Å². The second-order valence-electron chi connectivity index (χ2n) is 13.9. The Morgan fingerprint density at radius 2 is 0.873 bits per heavy atom. The Bertz CT molecular complexity index is 3360. The van der Waals surface area contributed by atoms with E-state index in [0.29, 0.717) is 11.4 Å². The first kappa shape index (κ1) is 30.7. The van der Waals surface area contributed by atoms with Crippen LogP contribution in [0.2, 0.25) is 0 Å². The van der Waals surface area contributed by atoms with Crippen molar-refractivity contribution in [2.45, 2.75) is 0 Å². The van der Waals surface area contributed by atoms with Crippen molar-refractivity contribution >= 4 is 76.8 Å². The molecule has 0 fully saturated rings. The number of nitrogens with zero attached hydrogens (tertiary/aromatic N) is 5. The van der Waals surface area contributed by atoms with Crippen molar-refractivity contribution in [1.82, 2.24) is 13.7 Å². The van der Waals surface area contributed by atoms with Gasteiger partial charge < -0.3 is 13.7 Å². The molecule has 11 aromatic rings. The second-order valence-corrected chi connectivity index (χ2v) is 13.9. The van der Waals surface area contributed by atoms with Crippen LogP contribution in [-0.2, 0) is 0 Å². The lowest BCUT2D eigenvalue weighted by atomic mass is 10.0. The fourth-order valence-corrected chi connectivity index (χ4v) is 8.73. The molecule has 11 rings (SSSR count). The Hall–Kier alpha value is -7.86. The van der Waals surface area contributed by atoms with E-state index in [4.69, 9.17) is 13.1 Å². The largest absolute Gasteiger partial charge is 0.319 e. The van der Waals surface area contributed by atoms with Gasteiger partial charge in [0.2, 0.25) is 5.69 Å². The van der Waals surface area contributed by atoms with Crippen LogP contribution in [0.25, 0.3) is 103 Å². The molecule has 0 saturated carbocycles. The van der Waals surface area contributed by atoms with Crippen molar-refractivity contribution in [3.63, 3.8) is 0 Å². The van der Waals surface area contributed by atoms with E-state index in [1.54, 1.807) is 0 Å². The lowest BCUT2D eigenvalue weighted by Gasteiger charge is -2.16. The fourth-order valence-electron chi connectivity index (χ4n) is 8.73. The number of aromatic nitrogens is 3. The van der Waals surface area contributed by atoms with E-state index in [-0.39, 0.29) is 0 Å². The van der Waals surface area contributed by atoms with Gasteiger partial charge in [-0.3, -0.25) is 0 Å². The fraction of sp³-hybridized carbons (Fsp3) is 0. The van der Waals surface area contributed by atoms with E-state index in [2.05, 4.69) is 181 Å². The van der Waals surface area contributed by atoms with Crippen LogP contribution in [0, 0.1) is 13.1 Å². The van der Waals surface area contributed by atoms with Crippen molar-refractivity contribution in [1.29, 1.82) is 0 Å². The highest BCUT2D eigenvalue weighted by Crippen LogP contribution is 2.42. The molecule has 0 unspecified atom stereocenters. The van der Waals surface area contributed by atoms with Gasteiger partial charge in [-0.25, -0.2) is 9.69 Å². The normalized spacial score (nSPS) is 11.6. The third-order valence-corrected chi connectivity index (χ3v) is 11.1. The Morgan fingerprint density at radius 3 is 1.49 bits per heavy atom. The average Bonchev–Trinajstić information content (AvgIpc) is 3.88. The number of hydrogen-bond donors (Lipinski definition) is 0. The molecular formula is C50H29N5. The summed E-state index contributed by atoms with van der Waals surface area (Å²) in [5, 5.41) is 6.85. The monoisotopic (exact) mass is 699 g/mol. The first-order valence-electron chi connectivity index (χ1n) is 18.3. The van der Waals surface area contributed by atoms with Crippen LogP contribution >= 0.6 is 0 Å². The number of hydrogen-bond acceptors (Lipinski definition) is 0. The lowest BCUT2D eigenvalue weighted by Crippen LogP contribution is -1.99. The van der Waals surface area contributed by atoms with E-state index in [0.717, 1.165) is 82.8 Å². The summed E-state index contributed by atoms with van der Waals surface area (Å²) < 4.78 is 6.88.